The highest BCUT2D eigenvalue weighted by atomic mass is 32.1. The van der Waals surface area contributed by atoms with Gasteiger partial charge in [-0.3, -0.25) is 14.5 Å². The van der Waals surface area contributed by atoms with E-state index in [2.05, 4.69) is 71.8 Å². The number of hydrogen-bond acceptors (Lipinski definition) is 4. The molecule has 1 aromatic heterocycles. The van der Waals surface area contributed by atoms with Gasteiger partial charge in [0, 0.05) is 43.5 Å². The van der Waals surface area contributed by atoms with Crippen molar-refractivity contribution in [2.24, 2.45) is 5.92 Å². The lowest BCUT2D eigenvalue weighted by Gasteiger charge is -2.37. The van der Waals surface area contributed by atoms with E-state index in [1.807, 2.05) is 27.2 Å². The van der Waals surface area contributed by atoms with E-state index in [1.165, 1.54) is 27.1 Å². The fourth-order valence-corrected chi connectivity index (χ4v) is 7.13. The van der Waals surface area contributed by atoms with E-state index in [4.69, 9.17) is 0 Å². The van der Waals surface area contributed by atoms with Crippen LogP contribution in [0.5, 0.6) is 0 Å². The average molecular weight is 514 g/mol. The summed E-state index contributed by atoms with van der Waals surface area (Å²) in [7, 11) is 0. The lowest BCUT2D eigenvalue weighted by atomic mass is 9.90. The lowest BCUT2D eigenvalue weighted by Crippen LogP contribution is -2.45. The van der Waals surface area contributed by atoms with Crippen LogP contribution >= 0.6 is 11.3 Å². The number of rotatable bonds is 5. The number of fused-ring (bicyclic) bond motifs is 1. The molecular weight excluding hydrogens is 478 g/mol. The van der Waals surface area contributed by atoms with Crippen molar-refractivity contribution in [2.75, 3.05) is 39.3 Å². The molecule has 6 rings (SSSR count). The first-order chi connectivity index (χ1) is 18.1. The van der Waals surface area contributed by atoms with Gasteiger partial charge in [0.25, 0.3) is 0 Å². The topological polar surface area (TPSA) is 43.9 Å². The van der Waals surface area contributed by atoms with Crippen LogP contribution in [0.1, 0.15) is 51.9 Å². The second-order valence-electron chi connectivity index (χ2n) is 10.7. The Morgan fingerprint density at radius 3 is 2.46 bits per heavy atom. The molecule has 0 N–H and O–H groups in total. The van der Waals surface area contributed by atoms with Crippen LogP contribution in [-0.4, -0.2) is 65.8 Å². The van der Waals surface area contributed by atoms with Crippen molar-refractivity contribution in [3.8, 4) is 0 Å². The van der Waals surface area contributed by atoms with Gasteiger partial charge in [-0.25, -0.2) is 0 Å². The Hall–Kier alpha value is -2.96. The number of carbonyl (C=O) groups is 2. The summed E-state index contributed by atoms with van der Waals surface area (Å²) in [5.74, 6) is 0.908. The van der Waals surface area contributed by atoms with Crippen LogP contribution in [0.2, 0.25) is 0 Å². The van der Waals surface area contributed by atoms with Gasteiger partial charge in [0.15, 0.2) is 0 Å². The van der Waals surface area contributed by atoms with Crippen LogP contribution in [0.25, 0.3) is 0 Å². The molecular formula is C31H35N3O2S. The van der Waals surface area contributed by atoms with Gasteiger partial charge in [-0.2, -0.15) is 0 Å². The van der Waals surface area contributed by atoms with Gasteiger partial charge in [-0.15, -0.1) is 11.3 Å². The molecule has 3 aromatic rings. The minimum Gasteiger partial charge on any atom is -0.341 e. The van der Waals surface area contributed by atoms with E-state index in [9.17, 15) is 9.59 Å². The summed E-state index contributed by atoms with van der Waals surface area (Å²) in [6.45, 7) is 6.20. The molecule has 0 bridgehead atoms. The van der Waals surface area contributed by atoms with Crippen LogP contribution in [0.3, 0.4) is 0 Å². The SMILES string of the molecule is Cc1ccccc1[C@H]1c2ccsc2CCN1CC(=O)N1CCCN(C(=O)[C@H]2C[C@H]2c2ccccc2)CC1. The molecule has 0 spiro atoms. The molecule has 2 aromatic carbocycles. The molecule has 2 amide bonds. The van der Waals surface area contributed by atoms with Crippen molar-refractivity contribution in [2.45, 2.75) is 38.1 Å². The number of thiophene rings is 1. The largest absolute Gasteiger partial charge is 0.341 e. The highest BCUT2D eigenvalue weighted by Crippen LogP contribution is 2.48. The van der Waals surface area contributed by atoms with Crippen molar-refractivity contribution in [1.29, 1.82) is 0 Å². The molecule has 192 valence electrons. The van der Waals surface area contributed by atoms with E-state index >= 15 is 0 Å². The fourth-order valence-electron chi connectivity index (χ4n) is 6.23. The van der Waals surface area contributed by atoms with Gasteiger partial charge in [-0.05, 0) is 65.8 Å². The Morgan fingerprint density at radius 2 is 1.62 bits per heavy atom. The lowest BCUT2D eigenvalue weighted by molar-refractivity contribution is -0.135. The van der Waals surface area contributed by atoms with Crippen molar-refractivity contribution < 1.29 is 9.59 Å². The maximum atomic E-state index is 13.6. The molecule has 1 saturated heterocycles. The van der Waals surface area contributed by atoms with E-state index in [0.717, 1.165) is 38.9 Å². The van der Waals surface area contributed by atoms with Gasteiger partial charge < -0.3 is 9.80 Å². The second-order valence-corrected chi connectivity index (χ2v) is 11.7. The van der Waals surface area contributed by atoms with E-state index in [-0.39, 0.29) is 23.8 Å². The summed E-state index contributed by atoms with van der Waals surface area (Å²) in [5, 5.41) is 2.18. The van der Waals surface area contributed by atoms with Crippen molar-refractivity contribution in [1.82, 2.24) is 14.7 Å². The Labute approximate surface area is 223 Å². The molecule has 0 unspecified atom stereocenters. The normalized spacial score (nSPS) is 23.9. The molecule has 1 aliphatic carbocycles. The van der Waals surface area contributed by atoms with Crippen molar-refractivity contribution in [3.63, 3.8) is 0 Å². The van der Waals surface area contributed by atoms with Crippen molar-refractivity contribution in [3.05, 3.63) is 93.2 Å². The Kier molecular flexibility index (Phi) is 6.87. The Morgan fingerprint density at radius 1 is 0.865 bits per heavy atom. The van der Waals surface area contributed by atoms with Gasteiger partial charge in [0.1, 0.15) is 0 Å². The zero-order valence-electron chi connectivity index (χ0n) is 21.5. The van der Waals surface area contributed by atoms with Crippen LogP contribution < -0.4 is 0 Å². The van der Waals surface area contributed by atoms with Gasteiger partial charge in [0.2, 0.25) is 11.8 Å². The fraction of sp³-hybridized carbons (Fsp3) is 0.419. The zero-order chi connectivity index (χ0) is 25.4. The maximum Gasteiger partial charge on any atom is 0.236 e. The molecule has 2 fully saturated rings. The molecule has 1 saturated carbocycles. The summed E-state index contributed by atoms with van der Waals surface area (Å²) in [4.78, 5) is 34.6. The molecule has 3 aliphatic rings. The first-order valence-electron chi connectivity index (χ1n) is 13.6. The summed E-state index contributed by atoms with van der Waals surface area (Å²) in [6.07, 6.45) is 2.78. The molecule has 3 heterocycles. The van der Waals surface area contributed by atoms with E-state index in [0.29, 0.717) is 25.6 Å². The van der Waals surface area contributed by atoms with Crippen LogP contribution in [0.15, 0.2) is 66.0 Å². The minimum atomic E-state index is 0.104. The smallest absolute Gasteiger partial charge is 0.236 e. The molecule has 37 heavy (non-hydrogen) atoms. The highest BCUT2D eigenvalue weighted by molar-refractivity contribution is 7.10. The Balaban J connectivity index is 1.10. The second kappa shape index (κ2) is 10.4. The van der Waals surface area contributed by atoms with E-state index < -0.39 is 0 Å². The average Bonchev–Trinajstić information content (AvgIpc) is 3.65. The number of nitrogens with zero attached hydrogens (tertiary/aromatic N) is 3. The van der Waals surface area contributed by atoms with Gasteiger partial charge in [0.05, 0.1) is 12.6 Å². The first-order valence-corrected chi connectivity index (χ1v) is 14.5. The first kappa shape index (κ1) is 24.4. The predicted octanol–water partition coefficient (Wildman–Crippen LogP) is 4.87. The Bertz CT molecular complexity index is 1270. The number of benzene rings is 2. The molecule has 2 aliphatic heterocycles. The molecule has 5 nitrogen and oxygen atoms in total. The predicted molar refractivity (Wildman–Crippen MR) is 148 cm³/mol. The highest BCUT2D eigenvalue weighted by Gasteiger charge is 2.45. The monoisotopic (exact) mass is 513 g/mol. The number of hydrogen-bond donors (Lipinski definition) is 0. The number of carbonyl (C=O) groups excluding carboxylic acids is 2. The van der Waals surface area contributed by atoms with Gasteiger partial charge >= 0.3 is 0 Å². The third kappa shape index (κ3) is 4.97. The quantitative estimate of drug-likeness (QED) is 0.489. The third-order valence-corrected chi connectivity index (χ3v) is 9.38. The van der Waals surface area contributed by atoms with Crippen LogP contribution in [-0.2, 0) is 16.0 Å². The molecule has 3 atom stereocenters. The standard InChI is InChI=1S/C31H35N3O2S/c1-22-8-5-6-11-24(22)30-25-13-19-37-28(25)12-16-34(30)21-29(35)32-14-7-15-33(18-17-32)31(36)27-20-26(27)23-9-3-2-4-10-23/h2-6,8-11,13,19,26-27,30H,7,12,14-18,20-21H2,1H3/t26-,27-,30-/m0/s1. The number of aryl methyl sites for hydroxylation is 1. The summed E-state index contributed by atoms with van der Waals surface area (Å²) in [6, 6.07) is 21.3. The van der Waals surface area contributed by atoms with Crippen LogP contribution in [0, 0.1) is 12.8 Å². The minimum absolute atomic E-state index is 0.104. The molecule has 6 heteroatoms. The molecule has 0 radical (unpaired) electrons. The van der Waals surface area contributed by atoms with Crippen molar-refractivity contribution >= 4 is 23.2 Å². The zero-order valence-corrected chi connectivity index (χ0v) is 22.3. The summed E-state index contributed by atoms with van der Waals surface area (Å²) >= 11 is 1.83. The van der Waals surface area contributed by atoms with Gasteiger partial charge in [-0.1, -0.05) is 54.6 Å². The summed E-state index contributed by atoms with van der Waals surface area (Å²) < 4.78 is 0. The van der Waals surface area contributed by atoms with E-state index in [1.54, 1.807) is 0 Å². The summed E-state index contributed by atoms with van der Waals surface area (Å²) in [5.41, 5.74) is 5.18. The maximum absolute atomic E-state index is 13.6. The number of amides is 2. The third-order valence-electron chi connectivity index (χ3n) is 8.38. The van der Waals surface area contributed by atoms with Crippen LogP contribution in [0.4, 0.5) is 0 Å².